The van der Waals surface area contributed by atoms with Gasteiger partial charge in [0.05, 0.1) is 20.3 Å². The van der Waals surface area contributed by atoms with Gasteiger partial charge in [-0.3, -0.25) is 9.59 Å². The molecule has 0 spiro atoms. The molecule has 1 saturated heterocycles. The van der Waals surface area contributed by atoms with E-state index in [2.05, 4.69) is 5.32 Å². The third kappa shape index (κ3) is 6.05. The van der Waals surface area contributed by atoms with Crippen molar-refractivity contribution in [2.45, 2.75) is 0 Å². The second-order valence-electron chi connectivity index (χ2n) is 6.47. The fourth-order valence-electron chi connectivity index (χ4n) is 2.87. The molecule has 6 heteroatoms. The fourth-order valence-corrected chi connectivity index (χ4v) is 2.87. The van der Waals surface area contributed by atoms with Crippen LogP contribution in [0.3, 0.4) is 0 Å². The Balaban J connectivity index is 1.79. The number of hydrogen-bond donors (Lipinski definition) is 1. The Bertz CT molecular complexity index is 883. The van der Waals surface area contributed by atoms with Gasteiger partial charge < -0.3 is 19.7 Å². The molecule has 29 heavy (non-hydrogen) atoms. The van der Waals surface area contributed by atoms with Crippen LogP contribution in [0.5, 0.6) is 5.75 Å². The van der Waals surface area contributed by atoms with E-state index in [0.29, 0.717) is 26.3 Å². The summed E-state index contributed by atoms with van der Waals surface area (Å²) in [4.78, 5) is 27.1. The Morgan fingerprint density at radius 2 is 1.69 bits per heavy atom. The maximum Gasteiger partial charge on any atom is 0.270 e. The van der Waals surface area contributed by atoms with E-state index >= 15 is 0 Å². The van der Waals surface area contributed by atoms with E-state index in [9.17, 15) is 9.59 Å². The molecule has 0 atom stereocenters. The summed E-state index contributed by atoms with van der Waals surface area (Å²) in [7, 11) is 1.59. The summed E-state index contributed by atoms with van der Waals surface area (Å²) in [6.45, 7) is 1.97. The molecule has 2 aromatic rings. The van der Waals surface area contributed by atoms with E-state index in [-0.39, 0.29) is 17.5 Å². The minimum Gasteiger partial charge on any atom is -0.497 e. The molecular formula is C23H24N2O4. The van der Waals surface area contributed by atoms with E-state index in [1.54, 1.807) is 36.3 Å². The molecule has 0 aromatic heterocycles. The van der Waals surface area contributed by atoms with Gasteiger partial charge in [-0.25, -0.2) is 0 Å². The average molecular weight is 392 g/mol. The summed E-state index contributed by atoms with van der Waals surface area (Å²) in [5, 5.41) is 2.73. The lowest BCUT2D eigenvalue weighted by molar-refractivity contribution is -0.132. The summed E-state index contributed by atoms with van der Waals surface area (Å²) in [5.41, 5.74) is 1.91. The number of methoxy groups -OCH3 is 1. The first-order chi connectivity index (χ1) is 14.2. The SMILES string of the molecule is COc1ccc(/C=C(/NC(=O)/C=C\c2ccccc2)C(=O)N2CCOCC2)cc1. The standard InChI is InChI=1S/C23H24N2O4/c1-28-20-10-7-19(8-11-20)17-21(23(27)25-13-15-29-16-14-25)24-22(26)12-9-18-5-3-2-4-6-18/h2-12,17H,13-16H2,1H3,(H,24,26)/b12-9-,21-17+. The molecule has 2 aromatic carbocycles. The van der Waals surface area contributed by atoms with Crippen LogP contribution in [0.25, 0.3) is 12.2 Å². The van der Waals surface area contributed by atoms with Crippen LogP contribution >= 0.6 is 0 Å². The monoisotopic (exact) mass is 392 g/mol. The van der Waals surface area contributed by atoms with Crippen LogP contribution in [0.4, 0.5) is 0 Å². The van der Waals surface area contributed by atoms with Gasteiger partial charge >= 0.3 is 0 Å². The first-order valence-corrected chi connectivity index (χ1v) is 9.42. The second-order valence-corrected chi connectivity index (χ2v) is 6.47. The summed E-state index contributed by atoms with van der Waals surface area (Å²) >= 11 is 0. The number of morpholine rings is 1. The largest absolute Gasteiger partial charge is 0.497 e. The van der Waals surface area contributed by atoms with Gasteiger partial charge in [-0.2, -0.15) is 0 Å². The third-order valence-corrected chi connectivity index (χ3v) is 4.44. The molecule has 0 aliphatic carbocycles. The van der Waals surface area contributed by atoms with E-state index in [4.69, 9.17) is 9.47 Å². The quantitative estimate of drug-likeness (QED) is 0.768. The van der Waals surface area contributed by atoms with Crippen LogP contribution in [0.15, 0.2) is 66.4 Å². The van der Waals surface area contributed by atoms with Gasteiger partial charge in [0.2, 0.25) is 5.91 Å². The highest BCUT2D eigenvalue weighted by atomic mass is 16.5. The molecule has 1 N–H and O–H groups in total. The Morgan fingerprint density at radius 1 is 1.00 bits per heavy atom. The van der Waals surface area contributed by atoms with Crippen LogP contribution in [-0.4, -0.2) is 50.1 Å². The minimum absolute atomic E-state index is 0.222. The molecule has 3 rings (SSSR count). The van der Waals surface area contributed by atoms with Crippen LogP contribution in [0.1, 0.15) is 11.1 Å². The normalized spacial score (nSPS) is 14.7. The Labute approximate surface area is 170 Å². The van der Waals surface area contributed by atoms with Crippen LogP contribution in [-0.2, 0) is 14.3 Å². The predicted octanol–water partition coefficient (Wildman–Crippen LogP) is 2.72. The minimum atomic E-state index is -0.366. The number of carbonyl (C=O) groups excluding carboxylic acids is 2. The molecule has 0 saturated carbocycles. The second kappa shape index (κ2) is 10.2. The van der Waals surface area contributed by atoms with Crippen molar-refractivity contribution in [3.05, 3.63) is 77.5 Å². The number of carbonyl (C=O) groups is 2. The maximum atomic E-state index is 13.0. The Hall–Kier alpha value is -3.38. The van der Waals surface area contributed by atoms with Gasteiger partial charge in [0.25, 0.3) is 5.91 Å². The van der Waals surface area contributed by atoms with Crippen LogP contribution < -0.4 is 10.1 Å². The van der Waals surface area contributed by atoms with E-state index in [0.717, 1.165) is 16.9 Å². The molecule has 2 amide bonds. The molecular weight excluding hydrogens is 368 g/mol. The zero-order valence-electron chi connectivity index (χ0n) is 16.3. The van der Waals surface area contributed by atoms with Gasteiger partial charge in [0.1, 0.15) is 11.4 Å². The van der Waals surface area contributed by atoms with Crippen molar-refractivity contribution >= 4 is 24.0 Å². The fraction of sp³-hybridized carbons (Fsp3) is 0.217. The highest BCUT2D eigenvalue weighted by Gasteiger charge is 2.21. The first-order valence-electron chi connectivity index (χ1n) is 9.42. The molecule has 1 heterocycles. The van der Waals surface area contributed by atoms with E-state index in [1.807, 2.05) is 42.5 Å². The van der Waals surface area contributed by atoms with Gasteiger partial charge in [-0.1, -0.05) is 42.5 Å². The van der Waals surface area contributed by atoms with Gasteiger partial charge in [-0.15, -0.1) is 0 Å². The van der Waals surface area contributed by atoms with Crippen molar-refractivity contribution in [3.63, 3.8) is 0 Å². The average Bonchev–Trinajstić information content (AvgIpc) is 2.78. The van der Waals surface area contributed by atoms with Crippen molar-refractivity contribution in [1.29, 1.82) is 0 Å². The van der Waals surface area contributed by atoms with Gasteiger partial charge in [0, 0.05) is 19.2 Å². The molecule has 0 radical (unpaired) electrons. The Morgan fingerprint density at radius 3 is 2.34 bits per heavy atom. The van der Waals surface area contributed by atoms with Crippen molar-refractivity contribution in [2.24, 2.45) is 0 Å². The maximum absolute atomic E-state index is 13.0. The highest BCUT2D eigenvalue weighted by molar-refractivity contribution is 6.04. The van der Waals surface area contributed by atoms with Crippen LogP contribution in [0.2, 0.25) is 0 Å². The Kier molecular flexibility index (Phi) is 7.19. The summed E-state index contributed by atoms with van der Waals surface area (Å²) in [5.74, 6) is 0.124. The van der Waals surface area contributed by atoms with Crippen molar-refractivity contribution < 1.29 is 19.1 Å². The topological polar surface area (TPSA) is 67.9 Å². The number of benzene rings is 2. The molecule has 1 fully saturated rings. The lowest BCUT2D eigenvalue weighted by Gasteiger charge is -2.27. The van der Waals surface area contributed by atoms with E-state index in [1.165, 1.54) is 6.08 Å². The van der Waals surface area contributed by atoms with Gasteiger partial charge in [-0.05, 0) is 35.4 Å². The zero-order valence-corrected chi connectivity index (χ0v) is 16.3. The smallest absolute Gasteiger partial charge is 0.270 e. The number of nitrogens with one attached hydrogen (secondary N) is 1. The molecule has 1 aliphatic rings. The van der Waals surface area contributed by atoms with Gasteiger partial charge in [0.15, 0.2) is 0 Å². The molecule has 1 aliphatic heterocycles. The molecule has 0 bridgehead atoms. The molecule has 150 valence electrons. The molecule has 6 nitrogen and oxygen atoms in total. The highest BCUT2D eigenvalue weighted by Crippen LogP contribution is 2.15. The lowest BCUT2D eigenvalue weighted by Crippen LogP contribution is -2.44. The summed E-state index contributed by atoms with van der Waals surface area (Å²) in [6, 6.07) is 16.8. The third-order valence-electron chi connectivity index (χ3n) is 4.44. The van der Waals surface area contributed by atoms with Crippen molar-refractivity contribution in [2.75, 3.05) is 33.4 Å². The molecule has 0 unspecified atom stereocenters. The number of amides is 2. The van der Waals surface area contributed by atoms with Crippen molar-refractivity contribution in [1.82, 2.24) is 10.2 Å². The summed E-state index contributed by atoms with van der Waals surface area (Å²) < 4.78 is 10.5. The first kappa shape index (κ1) is 20.4. The lowest BCUT2D eigenvalue weighted by atomic mass is 10.1. The predicted molar refractivity (Wildman–Crippen MR) is 112 cm³/mol. The number of rotatable bonds is 6. The number of nitrogens with zero attached hydrogens (tertiary/aromatic N) is 1. The van der Waals surface area contributed by atoms with Crippen LogP contribution in [0, 0.1) is 0 Å². The summed E-state index contributed by atoms with van der Waals surface area (Å²) in [6.07, 6.45) is 4.80. The zero-order chi connectivity index (χ0) is 20.5. The van der Waals surface area contributed by atoms with E-state index < -0.39 is 0 Å². The number of hydrogen-bond acceptors (Lipinski definition) is 4. The van der Waals surface area contributed by atoms with Crippen molar-refractivity contribution in [3.8, 4) is 5.75 Å². The number of ether oxygens (including phenoxy) is 2.